The van der Waals surface area contributed by atoms with Crippen molar-refractivity contribution in [1.29, 1.82) is 0 Å². The van der Waals surface area contributed by atoms with E-state index in [-0.39, 0.29) is 11.8 Å². The van der Waals surface area contributed by atoms with Gasteiger partial charge in [0.2, 0.25) is 5.91 Å². The molecular formula is C23H19N3O2. The molecule has 0 unspecified atom stereocenters. The molecule has 4 rings (SSSR count). The van der Waals surface area contributed by atoms with Crippen molar-refractivity contribution < 1.29 is 9.59 Å². The van der Waals surface area contributed by atoms with Crippen LogP contribution in [0.1, 0.15) is 33.1 Å². The molecule has 0 radical (unpaired) electrons. The van der Waals surface area contributed by atoms with E-state index in [0.29, 0.717) is 23.4 Å². The van der Waals surface area contributed by atoms with Crippen LogP contribution in [0.3, 0.4) is 0 Å². The van der Waals surface area contributed by atoms with Crippen molar-refractivity contribution in [2.45, 2.75) is 19.4 Å². The van der Waals surface area contributed by atoms with Gasteiger partial charge in [0.15, 0.2) is 0 Å². The first-order chi connectivity index (χ1) is 13.6. The Kier molecular flexibility index (Phi) is 4.81. The molecule has 138 valence electrons. The Morgan fingerprint density at radius 1 is 1.00 bits per heavy atom. The van der Waals surface area contributed by atoms with Gasteiger partial charge in [-0.3, -0.25) is 19.6 Å². The lowest BCUT2D eigenvalue weighted by atomic mass is 9.89. The van der Waals surface area contributed by atoms with Crippen molar-refractivity contribution in [3.8, 4) is 0 Å². The maximum absolute atomic E-state index is 13.2. The van der Waals surface area contributed by atoms with Gasteiger partial charge in [-0.15, -0.1) is 0 Å². The lowest BCUT2D eigenvalue weighted by Crippen LogP contribution is -2.45. The number of pyridine rings is 1. The topological polar surface area (TPSA) is 62.6 Å². The van der Waals surface area contributed by atoms with E-state index in [1.807, 2.05) is 55.5 Å². The summed E-state index contributed by atoms with van der Waals surface area (Å²) in [4.78, 5) is 36.2. The van der Waals surface area contributed by atoms with E-state index in [9.17, 15) is 9.59 Å². The normalized spacial score (nSPS) is 16.5. The fourth-order valence-corrected chi connectivity index (χ4v) is 3.28. The molecule has 28 heavy (non-hydrogen) atoms. The number of nitrogens with zero attached hydrogens (tertiary/aromatic N) is 3. The van der Waals surface area contributed by atoms with Crippen LogP contribution in [0.5, 0.6) is 0 Å². The third kappa shape index (κ3) is 3.34. The Labute approximate surface area is 163 Å². The van der Waals surface area contributed by atoms with Crippen LogP contribution in [-0.4, -0.2) is 23.0 Å². The van der Waals surface area contributed by atoms with Gasteiger partial charge in [-0.05, 0) is 42.8 Å². The van der Waals surface area contributed by atoms with Crippen molar-refractivity contribution in [1.82, 2.24) is 4.98 Å². The Hall–Kier alpha value is -3.60. The van der Waals surface area contributed by atoms with Crippen LogP contribution in [0.25, 0.3) is 0 Å². The number of imide groups is 1. The summed E-state index contributed by atoms with van der Waals surface area (Å²) in [6.07, 6.45) is 3.34. The molecule has 0 saturated carbocycles. The molecular weight excluding hydrogens is 350 g/mol. The summed E-state index contributed by atoms with van der Waals surface area (Å²) in [5.41, 5.74) is 3.66. The zero-order valence-electron chi connectivity index (χ0n) is 15.4. The third-order valence-electron chi connectivity index (χ3n) is 4.74. The zero-order valence-corrected chi connectivity index (χ0v) is 15.4. The second-order valence-corrected chi connectivity index (χ2v) is 6.69. The van der Waals surface area contributed by atoms with Gasteiger partial charge in [0.05, 0.1) is 23.8 Å². The minimum absolute atomic E-state index is 0.294. The Balaban J connectivity index is 1.70. The first-order valence-corrected chi connectivity index (χ1v) is 9.09. The predicted octanol–water partition coefficient (Wildman–Crippen LogP) is 3.93. The number of carbonyl (C=O) groups excluding carboxylic acids is 2. The number of carbonyl (C=O) groups is 2. The van der Waals surface area contributed by atoms with Crippen LogP contribution in [0.2, 0.25) is 0 Å². The lowest BCUT2D eigenvalue weighted by molar-refractivity contribution is -0.118. The van der Waals surface area contributed by atoms with Gasteiger partial charge in [0, 0.05) is 18.0 Å². The van der Waals surface area contributed by atoms with E-state index in [1.165, 1.54) is 4.90 Å². The largest absolute Gasteiger partial charge is 0.290 e. The molecule has 2 heterocycles. The van der Waals surface area contributed by atoms with E-state index in [1.54, 1.807) is 30.6 Å². The molecule has 0 N–H and O–H groups in total. The maximum Gasteiger partial charge on any atom is 0.265 e. The van der Waals surface area contributed by atoms with Crippen LogP contribution < -0.4 is 4.90 Å². The molecule has 2 amide bonds. The van der Waals surface area contributed by atoms with Crippen LogP contribution in [-0.2, 0) is 11.3 Å². The van der Waals surface area contributed by atoms with Gasteiger partial charge in [0.1, 0.15) is 0 Å². The second kappa shape index (κ2) is 7.56. The Morgan fingerprint density at radius 2 is 1.75 bits per heavy atom. The van der Waals surface area contributed by atoms with E-state index in [0.717, 1.165) is 11.3 Å². The smallest absolute Gasteiger partial charge is 0.265 e. The molecule has 1 aliphatic rings. The number of aromatic nitrogens is 1. The number of aliphatic imine (C=N–C) groups is 1. The molecule has 1 aliphatic heterocycles. The van der Waals surface area contributed by atoms with Gasteiger partial charge in [-0.1, -0.05) is 42.0 Å². The summed E-state index contributed by atoms with van der Waals surface area (Å²) in [5, 5.41) is 0. The number of rotatable bonds is 4. The van der Waals surface area contributed by atoms with Crippen LogP contribution in [0, 0.1) is 6.92 Å². The molecule has 1 aromatic heterocycles. The lowest BCUT2D eigenvalue weighted by Gasteiger charge is -2.31. The third-order valence-corrected chi connectivity index (χ3v) is 4.74. The predicted molar refractivity (Wildman–Crippen MR) is 109 cm³/mol. The van der Waals surface area contributed by atoms with Crippen molar-refractivity contribution in [2.24, 2.45) is 4.99 Å². The summed E-state index contributed by atoms with van der Waals surface area (Å²) < 4.78 is 0. The van der Waals surface area contributed by atoms with Gasteiger partial charge in [-0.2, -0.15) is 0 Å². The quantitative estimate of drug-likeness (QED) is 0.517. The SMILES string of the molecule is Cc1ccc(N2C(=O)c3ccccc3[C@H](C=NCc3ccccn3)C2=O)cc1. The first-order valence-electron chi connectivity index (χ1n) is 9.09. The highest BCUT2D eigenvalue weighted by atomic mass is 16.2. The average molecular weight is 369 g/mol. The Morgan fingerprint density at radius 3 is 2.50 bits per heavy atom. The summed E-state index contributed by atoms with van der Waals surface area (Å²) in [6.45, 7) is 2.34. The molecule has 1 atom stereocenters. The zero-order chi connectivity index (χ0) is 19.5. The van der Waals surface area contributed by atoms with Crippen molar-refractivity contribution in [2.75, 3.05) is 4.90 Å². The van der Waals surface area contributed by atoms with Crippen LogP contribution >= 0.6 is 0 Å². The summed E-state index contributed by atoms with van der Waals surface area (Å²) in [7, 11) is 0. The highest BCUT2D eigenvalue weighted by Gasteiger charge is 2.38. The van der Waals surface area contributed by atoms with Gasteiger partial charge in [0.25, 0.3) is 5.91 Å². The average Bonchev–Trinajstić information content (AvgIpc) is 2.73. The summed E-state index contributed by atoms with van der Waals surface area (Å²) in [5.74, 6) is -1.21. The second-order valence-electron chi connectivity index (χ2n) is 6.69. The fraction of sp³-hybridized carbons (Fsp3) is 0.130. The van der Waals surface area contributed by atoms with Crippen LogP contribution in [0.15, 0.2) is 77.9 Å². The van der Waals surface area contributed by atoms with Gasteiger partial charge in [-0.25, -0.2) is 4.90 Å². The number of hydrogen-bond donors (Lipinski definition) is 0. The highest BCUT2D eigenvalue weighted by Crippen LogP contribution is 2.32. The van der Waals surface area contributed by atoms with Gasteiger partial charge >= 0.3 is 0 Å². The molecule has 2 aromatic carbocycles. The molecule has 0 fully saturated rings. The van der Waals surface area contributed by atoms with Crippen molar-refractivity contribution >= 4 is 23.7 Å². The molecule has 5 heteroatoms. The molecule has 3 aromatic rings. The number of aryl methyl sites for hydroxylation is 1. The van der Waals surface area contributed by atoms with E-state index in [2.05, 4.69) is 9.98 Å². The maximum atomic E-state index is 13.2. The van der Waals surface area contributed by atoms with Crippen molar-refractivity contribution in [3.05, 3.63) is 95.3 Å². The summed E-state index contributed by atoms with van der Waals surface area (Å²) in [6, 6.07) is 20.2. The van der Waals surface area contributed by atoms with E-state index in [4.69, 9.17) is 0 Å². The highest BCUT2D eigenvalue weighted by molar-refractivity contribution is 6.29. The molecule has 0 spiro atoms. The molecule has 0 bridgehead atoms. The minimum atomic E-state index is -0.612. The number of hydrogen-bond acceptors (Lipinski definition) is 4. The molecule has 0 saturated heterocycles. The summed E-state index contributed by atoms with van der Waals surface area (Å²) >= 11 is 0. The van der Waals surface area contributed by atoms with Gasteiger partial charge < -0.3 is 0 Å². The Bertz CT molecular complexity index is 1040. The standard InChI is InChI=1S/C23H19N3O2/c1-16-9-11-18(12-10-16)26-22(27)20-8-3-2-7-19(20)21(23(26)28)15-24-14-17-6-4-5-13-25-17/h2-13,15,21H,14H2,1H3/t21-/m0/s1. The minimum Gasteiger partial charge on any atom is -0.290 e. The fourth-order valence-electron chi connectivity index (χ4n) is 3.28. The monoisotopic (exact) mass is 369 g/mol. The van der Waals surface area contributed by atoms with Crippen LogP contribution in [0.4, 0.5) is 5.69 Å². The van der Waals surface area contributed by atoms with Crippen molar-refractivity contribution in [3.63, 3.8) is 0 Å². The van der Waals surface area contributed by atoms with E-state index < -0.39 is 5.92 Å². The number of amides is 2. The number of benzene rings is 2. The first kappa shape index (κ1) is 17.8. The molecule has 0 aliphatic carbocycles. The molecule has 5 nitrogen and oxygen atoms in total. The number of fused-ring (bicyclic) bond motifs is 1. The van der Waals surface area contributed by atoms with E-state index >= 15 is 0 Å². The number of anilines is 1.